The van der Waals surface area contributed by atoms with E-state index in [4.69, 9.17) is 9.47 Å². The molecule has 32 heavy (non-hydrogen) atoms. The molecule has 1 aliphatic heterocycles. The maximum absolute atomic E-state index is 13.4. The first kappa shape index (κ1) is 23.9. The number of ether oxygens (including phenoxy) is 2. The van der Waals surface area contributed by atoms with Gasteiger partial charge >= 0.3 is 6.09 Å². The van der Waals surface area contributed by atoms with Crippen LogP contribution in [0.5, 0.6) is 17.2 Å². The highest BCUT2D eigenvalue weighted by Gasteiger charge is 2.34. The molecule has 9 heteroatoms. The Morgan fingerprint density at radius 3 is 2.16 bits per heavy atom. The fourth-order valence-electron chi connectivity index (χ4n) is 3.50. The van der Waals surface area contributed by atoms with Gasteiger partial charge in [0.25, 0.3) is 0 Å². The van der Waals surface area contributed by atoms with Crippen LogP contribution < -0.4 is 4.74 Å². The molecule has 0 bridgehead atoms. The standard InChI is InChI=1S/C23H30N2O6S/c1-16-13-17(2)15-18(14-16)30-21-19(26)7-6-8-20(21)32(28,29)25-11-9-24(10-12-25)22(27)31-23(3,4)5/h6-8,13-15,26H,9-12H2,1-5H3. The molecular weight excluding hydrogens is 432 g/mol. The number of nitrogens with zero attached hydrogens (tertiary/aromatic N) is 2. The van der Waals surface area contributed by atoms with Crippen molar-refractivity contribution in [2.24, 2.45) is 0 Å². The van der Waals surface area contributed by atoms with Crippen LogP contribution in [0.4, 0.5) is 4.79 Å². The minimum Gasteiger partial charge on any atom is -0.504 e. The van der Waals surface area contributed by atoms with Crippen LogP contribution in [-0.2, 0) is 14.8 Å². The van der Waals surface area contributed by atoms with E-state index in [1.807, 2.05) is 19.9 Å². The van der Waals surface area contributed by atoms with Gasteiger partial charge in [-0.3, -0.25) is 0 Å². The number of phenols is 1. The number of aryl methyl sites for hydroxylation is 2. The number of rotatable bonds is 4. The van der Waals surface area contributed by atoms with Crippen LogP contribution in [0.2, 0.25) is 0 Å². The average molecular weight is 463 g/mol. The van der Waals surface area contributed by atoms with Crippen LogP contribution in [0.3, 0.4) is 0 Å². The minimum absolute atomic E-state index is 0.111. The number of para-hydroxylation sites is 1. The molecule has 1 amide bonds. The summed E-state index contributed by atoms with van der Waals surface area (Å²) in [4.78, 5) is 13.6. The Labute approximate surface area is 189 Å². The molecule has 3 rings (SSSR count). The van der Waals surface area contributed by atoms with Crippen molar-refractivity contribution >= 4 is 16.1 Å². The predicted octanol–water partition coefficient (Wildman–Crippen LogP) is 4.04. The van der Waals surface area contributed by atoms with Crippen molar-refractivity contribution in [1.29, 1.82) is 0 Å². The highest BCUT2D eigenvalue weighted by atomic mass is 32.2. The fraction of sp³-hybridized carbons (Fsp3) is 0.435. The van der Waals surface area contributed by atoms with Crippen LogP contribution in [0.25, 0.3) is 0 Å². The van der Waals surface area contributed by atoms with Crippen molar-refractivity contribution in [2.45, 2.75) is 45.1 Å². The SMILES string of the molecule is Cc1cc(C)cc(Oc2c(O)cccc2S(=O)(=O)N2CCN(C(=O)OC(C)(C)C)CC2)c1. The maximum Gasteiger partial charge on any atom is 0.410 e. The Morgan fingerprint density at radius 1 is 1.00 bits per heavy atom. The molecule has 1 fully saturated rings. The lowest BCUT2D eigenvalue weighted by Gasteiger charge is -2.35. The number of hydrogen-bond acceptors (Lipinski definition) is 6. The molecule has 1 N–H and O–H groups in total. The second kappa shape index (κ2) is 8.99. The van der Waals surface area contributed by atoms with Gasteiger partial charge in [-0.2, -0.15) is 4.31 Å². The molecule has 0 aromatic heterocycles. The van der Waals surface area contributed by atoms with E-state index >= 15 is 0 Å². The van der Waals surface area contributed by atoms with Gasteiger partial charge < -0.3 is 19.5 Å². The molecule has 0 radical (unpaired) electrons. The quantitative estimate of drug-likeness (QED) is 0.737. The number of carbonyl (C=O) groups excluding carboxylic acids is 1. The van der Waals surface area contributed by atoms with E-state index in [0.29, 0.717) is 5.75 Å². The average Bonchev–Trinajstić information content (AvgIpc) is 2.67. The first-order chi connectivity index (χ1) is 14.9. The summed E-state index contributed by atoms with van der Waals surface area (Å²) in [5, 5.41) is 10.4. The van der Waals surface area contributed by atoms with Crippen LogP contribution in [-0.4, -0.2) is 60.6 Å². The van der Waals surface area contributed by atoms with E-state index in [0.717, 1.165) is 11.1 Å². The molecule has 0 unspecified atom stereocenters. The Kier molecular flexibility index (Phi) is 6.71. The van der Waals surface area contributed by atoms with E-state index in [1.54, 1.807) is 32.9 Å². The summed E-state index contributed by atoms with van der Waals surface area (Å²) in [5.41, 5.74) is 1.29. The summed E-state index contributed by atoms with van der Waals surface area (Å²) in [7, 11) is -3.97. The smallest absolute Gasteiger partial charge is 0.410 e. The molecule has 0 spiro atoms. The molecule has 0 saturated carbocycles. The largest absolute Gasteiger partial charge is 0.504 e. The van der Waals surface area contributed by atoms with Crippen molar-refractivity contribution in [3.05, 3.63) is 47.5 Å². The number of piperazine rings is 1. The zero-order chi connectivity index (χ0) is 23.7. The Bertz CT molecular complexity index is 1080. The van der Waals surface area contributed by atoms with Crippen molar-refractivity contribution < 1.29 is 27.8 Å². The van der Waals surface area contributed by atoms with E-state index in [1.165, 1.54) is 27.4 Å². The summed E-state index contributed by atoms with van der Waals surface area (Å²) in [6.07, 6.45) is -0.467. The number of carbonyl (C=O) groups is 1. The van der Waals surface area contributed by atoms with Gasteiger partial charge in [0.2, 0.25) is 10.0 Å². The molecule has 8 nitrogen and oxygen atoms in total. The molecule has 1 saturated heterocycles. The van der Waals surface area contributed by atoms with Crippen molar-refractivity contribution in [1.82, 2.24) is 9.21 Å². The molecule has 2 aromatic carbocycles. The monoisotopic (exact) mass is 462 g/mol. The third-order valence-corrected chi connectivity index (χ3v) is 6.80. The summed E-state index contributed by atoms with van der Waals surface area (Å²) in [6, 6.07) is 9.78. The first-order valence-electron chi connectivity index (χ1n) is 10.4. The van der Waals surface area contributed by atoms with Gasteiger partial charge in [0.05, 0.1) is 0 Å². The fourth-order valence-corrected chi connectivity index (χ4v) is 5.05. The lowest BCUT2D eigenvalue weighted by Crippen LogP contribution is -2.51. The Balaban J connectivity index is 1.82. The third kappa shape index (κ3) is 5.52. The first-order valence-corrected chi connectivity index (χ1v) is 11.9. The number of hydrogen-bond donors (Lipinski definition) is 1. The van der Waals surface area contributed by atoms with Gasteiger partial charge in [0.1, 0.15) is 16.2 Å². The minimum atomic E-state index is -3.97. The van der Waals surface area contributed by atoms with Crippen LogP contribution in [0.15, 0.2) is 41.3 Å². The zero-order valence-corrected chi connectivity index (χ0v) is 19.9. The van der Waals surface area contributed by atoms with Gasteiger partial charge in [-0.1, -0.05) is 12.1 Å². The molecule has 1 aliphatic rings. The number of aromatic hydroxyl groups is 1. The number of benzene rings is 2. The van der Waals surface area contributed by atoms with Gasteiger partial charge in [-0.05, 0) is 70.0 Å². The van der Waals surface area contributed by atoms with E-state index in [-0.39, 0.29) is 42.6 Å². The van der Waals surface area contributed by atoms with Crippen molar-refractivity contribution in [3.63, 3.8) is 0 Å². The Hall–Kier alpha value is -2.78. The number of amides is 1. The zero-order valence-electron chi connectivity index (χ0n) is 19.1. The van der Waals surface area contributed by atoms with Gasteiger partial charge in [-0.15, -0.1) is 0 Å². The second-order valence-electron chi connectivity index (χ2n) is 8.90. The normalized spacial score (nSPS) is 15.5. The summed E-state index contributed by atoms with van der Waals surface area (Å²) >= 11 is 0. The number of phenolic OH excluding ortho intramolecular Hbond substituents is 1. The lowest BCUT2D eigenvalue weighted by atomic mass is 10.1. The van der Waals surface area contributed by atoms with Crippen molar-refractivity contribution in [2.75, 3.05) is 26.2 Å². The number of sulfonamides is 1. The van der Waals surface area contributed by atoms with Gasteiger partial charge in [0, 0.05) is 26.2 Å². The van der Waals surface area contributed by atoms with Crippen LogP contribution in [0, 0.1) is 13.8 Å². The second-order valence-corrected chi connectivity index (χ2v) is 10.8. The molecule has 0 atom stereocenters. The molecule has 174 valence electrons. The highest BCUT2D eigenvalue weighted by Crippen LogP contribution is 2.38. The lowest BCUT2D eigenvalue weighted by molar-refractivity contribution is 0.0192. The van der Waals surface area contributed by atoms with Crippen molar-refractivity contribution in [3.8, 4) is 17.2 Å². The molecular formula is C23H30N2O6S. The molecule has 2 aromatic rings. The van der Waals surface area contributed by atoms with Gasteiger partial charge in [0.15, 0.2) is 11.5 Å². The molecule has 1 heterocycles. The van der Waals surface area contributed by atoms with E-state index < -0.39 is 21.7 Å². The summed E-state index contributed by atoms with van der Waals surface area (Å²) in [5.74, 6) is 0.0555. The predicted molar refractivity (Wildman–Crippen MR) is 121 cm³/mol. The highest BCUT2D eigenvalue weighted by molar-refractivity contribution is 7.89. The topological polar surface area (TPSA) is 96.4 Å². The summed E-state index contributed by atoms with van der Waals surface area (Å²) in [6.45, 7) is 9.81. The van der Waals surface area contributed by atoms with E-state index in [9.17, 15) is 18.3 Å². The molecule has 0 aliphatic carbocycles. The third-order valence-electron chi connectivity index (χ3n) is 4.88. The van der Waals surface area contributed by atoms with Crippen LogP contribution in [0.1, 0.15) is 31.9 Å². The van der Waals surface area contributed by atoms with E-state index in [2.05, 4.69) is 0 Å². The Morgan fingerprint density at radius 2 is 1.59 bits per heavy atom. The maximum atomic E-state index is 13.4. The summed E-state index contributed by atoms with van der Waals surface area (Å²) < 4.78 is 39.3. The van der Waals surface area contributed by atoms with Gasteiger partial charge in [-0.25, -0.2) is 13.2 Å². The van der Waals surface area contributed by atoms with Crippen LogP contribution >= 0.6 is 0 Å².